The van der Waals surface area contributed by atoms with Gasteiger partial charge in [0.1, 0.15) is 0 Å². The third-order valence-corrected chi connectivity index (χ3v) is 3.71. The quantitative estimate of drug-likeness (QED) is 0.544. The average molecular weight is 279 g/mol. The monoisotopic (exact) mass is 279 g/mol. The van der Waals surface area contributed by atoms with Gasteiger partial charge in [-0.3, -0.25) is 14.1 Å². The molecule has 8 nitrogen and oxygen atoms in total. The Kier molecular flexibility index (Phi) is 4.07. The molecule has 0 saturated carbocycles. The van der Waals surface area contributed by atoms with E-state index in [1.807, 2.05) is 0 Å². The second-order valence-corrected chi connectivity index (χ2v) is 5.55. The number of hydroxylamine groups is 2. The van der Waals surface area contributed by atoms with Gasteiger partial charge in [0.25, 0.3) is 21.9 Å². The van der Waals surface area contributed by atoms with E-state index in [1.54, 1.807) is 6.92 Å². The van der Waals surface area contributed by atoms with Crippen LogP contribution in [-0.2, 0) is 29.3 Å². The lowest BCUT2D eigenvalue weighted by molar-refractivity contribution is -0.200. The predicted octanol–water partition coefficient (Wildman–Crippen LogP) is -0.494. The first-order valence-corrected chi connectivity index (χ1v) is 6.73. The summed E-state index contributed by atoms with van der Waals surface area (Å²) in [5.74, 6) is -3.57. The number of imide groups is 1. The number of carbonyl (C=O) groups excluding carboxylic acids is 3. The molecule has 2 amide bonds. The summed E-state index contributed by atoms with van der Waals surface area (Å²) in [6, 6.07) is 0. The highest BCUT2D eigenvalue weighted by molar-refractivity contribution is 7.87. The molecule has 2 unspecified atom stereocenters. The van der Waals surface area contributed by atoms with Gasteiger partial charge in [-0.05, 0) is 6.42 Å². The van der Waals surface area contributed by atoms with Gasteiger partial charge in [-0.15, -0.1) is 5.06 Å². The summed E-state index contributed by atoms with van der Waals surface area (Å²) in [7, 11) is -4.68. The number of amides is 2. The van der Waals surface area contributed by atoms with E-state index in [0.29, 0.717) is 6.42 Å². The second kappa shape index (κ2) is 5.02. The molecule has 0 aromatic carbocycles. The minimum absolute atomic E-state index is 0.104. The number of hydrogen-bond donors (Lipinski definition) is 1. The van der Waals surface area contributed by atoms with Crippen molar-refractivity contribution >= 4 is 27.9 Å². The van der Waals surface area contributed by atoms with Crippen molar-refractivity contribution in [2.75, 3.05) is 0 Å². The Labute approximate surface area is 104 Å². The molecule has 0 aromatic heterocycles. The molecule has 1 heterocycles. The van der Waals surface area contributed by atoms with Gasteiger partial charge < -0.3 is 4.84 Å². The molecule has 1 aliphatic rings. The summed E-state index contributed by atoms with van der Waals surface area (Å²) in [5.41, 5.74) is 0. The van der Waals surface area contributed by atoms with Crippen LogP contribution in [0.2, 0.25) is 0 Å². The van der Waals surface area contributed by atoms with Gasteiger partial charge in [-0.2, -0.15) is 8.42 Å². The Morgan fingerprint density at radius 1 is 1.56 bits per heavy atom. The maximum absolute atomic E-state index is 11.5. The average Bonchev–Trinajstić information content (AvgIpc) is 2.55. The van der Waals surface area contributed by atoms with Gasteiger partial charge in [0.05, 0.1) is 12.3 Å². The van der Waals surface area contributed by atoms with Crippen molar-refractivity contribution in [2.24, 2.45) is 5.92 Å². The SMILES string of the molecule is CCC(C)C(=O)ON1C(=O)CC(S(=O)(=O)O)C1=O. The molecule has 0 aromatic rings. The molecule has 0 radical (unpaired) electrons. The van der Waals surface area contributed by atoms with Crippen molar-refractivity contribution in [1.29, 1.82) is 0 Å². The smallest absolute Gasteiger partial charge is 0.330 e. The summed E-state index contributed by atoms with van der Waals surface area (Å²) >= 11 is 0. The fourth-order valence-corrected chi connectivity index (χ4v) is 1.96. The van der Waals surface area contributed by atoms with E-state index in [4.69, 9.17) is 4.55 Å². The summed E-state index contributed by atoms with van der Waals surface area (Å²) in [5, 5.41) is -1.79. The summed E-state index contributed by atoms with van der Waals surface area (Å²) < 4.78 is 30.4. The summed E-state index contributed by atoms with van der Waals surface area (Å²) in [6.45, 7) is 3.24. The van der Waals surface area contributed by atoms with Gasteiger partial charge in [0, 0.05) is 0 Å². The number of rotatable bonds is 4. The van der Waals surface area contributed by atoms with Crippen LogP contribution >= 0.6 is 0 Å². The van der Waals surface area contributed by atoms with Crippen LogP contribution < -0.4 is 0 Å². The van der Waals surface area contributed by atoms with Gasteiger partial charge in [-0.25, -0.2) is 4.79 Å². The van der Waals surface area contributed by atoms with Crippen molar-refractivity contribution in [3.05, 3.63) is 0 Å². The van der Waals surface area contributed by atoms with E-state index in [1.165, 1.54) is 6.92 Å². The minimum Gasteiger partial charge on any atom is -0.330 e. The first-order valence-electron chi connectivity index (χ1n) is 5.23. The standard InChI is InChI=1S/C9H13NO7S/c1-3-5(2)9(13)17-10-7(11)4-6(8(10)12)18(14,15)16/h5-6H,3-4H2,1-2H3,(H,14,15,16). The topological polar surface area (TPSA) is 118 Å². The first-order chi connectivity index (χ1) is 8.18. The third kappa shape index (κ3) is 2.85. The summed E-state index contributed by atoms with van der Waals surface area (Å²) in [4.78, 5) is 38.8. The van der Waals surface area contributed by atoms with Crippen LogP contribution in [0.5, 0.6) is 0 Å². The Bertz CT molecular complexity index is 483. The van der Waals surface area contributed by atoms with E-state index in [2.05, 4.69) is 4.84 Å². The van der Waals surface area contributed by atoms with E-state index in [-0.39, 0.29) is 5.06 Å². The number of hydrogen-bond acceptors (Lipinski definition) is 6. The highest BCUT2D eigenvalue weighted by atomic mass is 32.2. The molecule has 2 atom stereocenters. The largest absolute Gasteiger partial charge is 0.335 e. The number of carbonyl (C=O) groups is 3. The Balaban J connectivity index is 2.84. The van der Waals surface area contributed by atoms with Crippen LogP contribution in [0, 0.1) is 5.92 Å². The van der Waals surface area contributed by atoms with Crippen molar-refractivity contribution in [3.63, 3.8) is 0 Å². The van der Waals surface area contributed by atoms with Crippen LogP contribution in [-0.4, -0.2) is 41.1 Å². The van der Waals surface area contributed by atoms with Crippen LogP contribution in [0.1, 0.15) is 26.7 Å². The Morgan fingerprint density at radius 3 is 2.50 bits per heavy atom. The molecule has 102 valence electrons. The fraction of sp³-hybridized carbons (Fsp3) is 0.667. The molecule has 0 aliphatic carbocycles. The van der Waals surface area contributed by atoms with Gasteiger partial charge >= 0.3 is 5.97 Å². The van der Waals surface area contributed by atoms with Gasteiger partial charge in [-0.1, -0.05) is 13.8 Å². The lowest BCUT2D eigenvalue weighted by Gasteiger charge is -2.15. The van der Waals surface area contributed by atoms with Crippen LogP contribution in [0.15, 0.2) is 0 Å². The van der Waals surface area contributed by atoms with E-state index < -0.39 is 45.5 Å². The highest BCUT2D eigenvalue weighted by Gasteiger charge is 2.48. The second-order valence-electron chi connectivity index (χ2n) is 3.95. The minimum atomic E-state index is -4.68. The van der Waals surface area contributed by atoms with Crippen LogP contribution in [0.25, 0.3) is 0 Å². The third-order valence-electron chi connectivity index (χ3n) is 2.62. The molecular weight excluding hydrogens is 266 g/mol. The molecule has 1 fully saturated rings. The lowest BCUT2D eigenvalue weighted by Crippen LogP contribution is -2.37. The van der Waals surface area contributed by atoms with Crippen LogP contribution in [0.3, 0.4) is 0 Å². The lowest BCUT2D eigenvalue weighted by atomic mass is 10.1. The molecule has 1 saturated heterocycles. The van der Waals surface area contributed by atoms with Crippen molar-refractivity contribution < 1.29 is 32.2 Å². The zero-order valence-corrected chi connectivity index (χ0v) is 10.6. The zero-order valence-electron chi connectivity index (χ0n) is 9.82. The summed E-state index contributed by atoms with van der Waals surface area (Å²) in [6.07, 6.45) is -0.289. The highest BCUT2D eigenvalue weighted by Crippen LogP contribution is 2.20. The maximum Gasteiger partial charge on any atom is 0.335 e. The molecule has 9 heteroatoms. The zero-order chi connectivity index (χ0) is 14.1. The Hall–Kier alpha value is -1.48. The van der Waals surface area contributed by atoms with E-state index in [0.717, 1.165) is 0 Å². The maximum atomic E-state index is 11.5. The predicted molar refractivity (Wildman–Crippen MR) is 57.4 cm³/mol. The van der Waals surface area contributed by atoms with Crippen LogP contribution in [0.4, 0.5) is 0 Å². The molecule has 0 bridgehead atoms. The van der Waals surface area contributed by atoms with Crippen molar-refractivity contribution in [1.82, 2.24) is 5.06 Å². The molecule has 18 heavy (non-hydrogen) atoms. The molecule has 1 rings (SSSR count). The molecule has 0 spiro atoms. The van der Waals surface area contributed by atoms with Crippen molar-refractivity contribution in [3.8, 4) is 0 Å². The van der Waals surface area contributed by atoms with E-state index >= 15 is 0 Å². The normalized spacial score (nSPS) is 22.2. The van der Waals surface area contributed by atoms with Gasteiger partial charge in [0.15, 0.2) is 5.25 Å². The Morgan fingerprint density at radius 2 is 2.11 bits per heavy atom. The molecular formula is C9H13NO7S. The van der Waals surface area contributed by atoms with Crippen molar-refractivity contribution in [2.45, 2.75) is 31.9 Å². The van der Waals surface area contributed by atoms with E-state index in [9.17, 15) is 22.8 Å². The number of nitrogens with zero attached hydrogens (tertiary/aromatic N) is 1. The van der Waals surface area contributed by atoms with Gasteiger partial charge in [0.2, 0.25) is 0 Å². The molecule has 1 N–H and O–H groups in total. The molecule has 1 aliphatic heterocycles. The fourth-order valence-electron chi connectivity index (χ4n) is 1.26. The first kappa shape index (κ1) is 14.6.